The zero-order valence-electron chi connectivity index (χ0n) is 18.2. The maximum absolute atomic E-state index is 13.0. The minimum atomic E-state index is -1.35. The lowest BCUT2D eigenvalue weighted by Crippen LogP contribution is -2.53. The maximum atomic E-state index is 13.0. The van der Waals surface area contributed by atoms with E-state index in [0.29, 0.717) is 5.75 Å². The first-order valence-electron chi connectivity index (χ1n) is 10.4. The SMILES string of the molecule is COc1ccc(CC(NC(=O)C(Cc2ccc3ccccc3c2)NC(=O)O)C(=O)CO)cc1. The smallest absolute Gasteiger partial charge is 0.405 e. The Morgan fingerprint density at radius 1 is 0.848 bits per heavy atom. The lowest BCUT2D eigenvalue weighted by atomic mass is 9.99. The Labute approximate surface area is 191 Å². The lowest BCUT2D eigenvalue weighted by Gasteiger charge is -2.22. The van der Waals surface area contributed by atoms with Crippen molar-refractivity contribution in [3.05, 3.63) is 77.9 Å². The van der Waals surface area contributed by atoms with Gasteiger partial charge in [-0.3, -0.25) is 9.59 Å². The van der Waals surface area contributed by atoms with E-state index in [-0.39, 0.29) is 12.8 Å². The van der Waals surface area contributed by atoms with Gasteiger partial charge >= 0.3 is 6.09 Å². The zero-order chi connectivity index (χ0) is 23.8. The molecule has 8 nitrogen and oxygen atoms in total. The Balaban J connectivity index is 1.77. The molecule has 0 spiro atoms. The summed E-state index contributed by atoms with van der Waals surface area (Å²) in [5.41, 5.74) is 1.52. The molecule has 0 aliphatic carbocycles. The monoisotopic (exact) mass is 450 g/mol. The van der Waals surface area contributed by atoms with Gasteiger partial charge in [0.05, 0.1) is 13.2 Å². The first-order chi connectivity index (χ1) is 15.9. The van der Waals surface area contributed by atoms with Crippen LogP contribution in [0.4, 0.5) is 4.79 Å². The molecule has 0 aliphatic heterocycles. The van der Waals surface area contributed by atoms with Crippen LogP contribution in [0.1, 0.15) is 11.1 Å². The van der Waals surface area contributed by atoms with Crippen LogP contribution in [0.3, 0.4) is 0 Å². The molecule has 0 saturated carbocycles. The summed E-state index contributed by atoms with van der Waals surface area (Å²) in [6.07, 6.45) is -1.10. The summed E-state index contributed by atoms with van der Waals surface area (Å²) in [4.78, 5) is 36.6. The third-order valence-corrected chi connectivity index (χ3v) is 5.33. The normalized spacial score (nSPS) is 12.5. The number of carbonyl (C=O) groups excluding carboxylic acids is 2. The highest BCUT2D eigenvalue weighted by Crippen LogP contribution is 2.17. The molecule has 2 amide bonds. The predicted molar refractivity (Wildman–Crippen MR) is 123 cm³/mol. The van der Waals surface area contributed by atoms with Gasteiger partial charge in [0.25, 0.3) is 0 Å². The van der Waals surface area contributed by atoms with Crippen molar-refractivity contribution < 1.29 is 29.3 Å². The van der Waals surface area contributed by atoms with Crippen molar-refractivity contribution in [2.75, 3.05) is 13.7 Å². The topological polar surface area (TPSA) is 125 Å². The number of methoxy groups -OCH3 is 1. The molecule has 3 rings (SSSR count). The molecule has 0 fully saturated rings. The Kier molecular flexibility index (Phi) is 7.99. The first kappa shape index (κ1) is 23.7. The number of nitrogens with one attached hydrogen (secondary N) is 2. The van der Waals surface area contributed by atoms with Gasteiger partial charge in [0, 0.05) is 6.42 Å². The fraction of sp³-hybridized carbons (Fsp3) is 0.240. The molecular formula is C25H26N2O6. The second-order valence-corrected chi connectivity index (χ2v) is 7.63. The summed E-state index contributed by atoms with van der Waals surface area (Å²) in [6.45, 7) is -0.747. The van der Waals surface area contributed by atoms with Crippen LogP contribution in [-0.2, 0) is 22.4 Å². The molecule has 0 aliphatic rings. The van der Waals surface area contributed by atoms with E-state index in [0.717, 1.165) is 21.9 Å². The first-order valence-corrected chi connectivity index (χ1v) is 10.4. The molecule has 2 atom stereocenters. The second kappa shape index (κ2) is 11.1. The number of amides is 2. The third kappa shape index (κ3) is 6.54. The predicted octanol–water partition coefficient (Wildman–Crippen LogP) is 2.32. The van der Waals surface area contributed by atoms with Gasteiger partial charge < -0.3 is 25.6 Å². The standard InChI is InChI=1S/C25H26N2O6/c1-33-20-10-7-16(8-11-20)13-21(23(29)15-28)26-24(30)22(27-25(31)32)14-17-6-9-18-4-2-3-5-19(18)12-17/h2-12,21-22,27-28H,13-15H2,1H3,(H,26,30)(H,31,32). The van der Waals surface area contributed by atoms with Gasteiger partial charge in [-0.05, 0) is 40.5 Å². The molecule has 3 aromatic carbocycles. The van der Waals surface area contributed by atoms with Crippen molar-refractivity contribution >= 4 is 28.6 Å². The minimum absolute atomic E-state index is 0.103. The number of rotatable bonds is 10. The fourth-order valence-electron chi connectivity index (χ4n) is 3.58. The van der Waals surface area contributed by atoms with Crippen molar-refractivity contribution in [3.63, 3.8) is 0 Å². The Bertz CT molecular complexity index is 1130. The van der Waals surface area contributed by atoms with Gasteiger partial charge in [-0.1, -0.05) is 54.6 Å². The molecular weight excluding hydrogens is 424 g/mol. The van der Waals surface area contributed by atoms with E-state index < -0.39 is 36.5 Å². The summed E-state index contributed by atoms with van der Waals surface area (Å²) in [6, 6.07) is 18.2. The third-order valence-electron chi connectivity index (χ3n) is 5.33. The highest BCUT2D eigenvalue weighted by Gasteiger charge is 2.27. The van der Waals surface area contributed by atoms with Gasteiger partial charge in [0.15, 0.2) is 5.78 Å². The van der Waals surface area contributed by atoms with Crippen LogP contribution in [0.2, 0.25) is 0 Å². The summed E-state index contributed by atoms with van der Waals surface area (Å²) in [7, 11) is 1.54. The molecule has 0 aromatic heterocycles. The van der Waals surface area contributed by atoms with E-state index >= 15 is 0 Å². The highest BCUT2D eigenvalue weighted by atomic mass is 16.5. The molecule has 8 heteroatoms. The highest BCUT2D eigenvalue weighted by molar-refractivity contribution is 5.93. The average molecular weight is 450 g/mol. The lowest BCUT2D eigenvalue weighted by molar-refractivity contribution is -0.130. The maximum Gasteiger partial charge on any atom is 0.405 e. The zero-order valence-corrected chi connectivity index (χ0v) is 18.2. The van der Waals surface area contributed by atoms with Crippen LogP contribution >= 0.6 is 0 Å². The Morgan fingerprint density at radius 2 is 1.48 bits per heavy atom. The number of carboxylic acid groups (broad SMARTS) is 1. The molecule has 4 N–H and O–H groups in total. The Hall–Kier alpha value is -3.91. The number of hydrogen-bond acceptors (Lipinski definition) is 5. The van der Waals surface area contributed by atoms with Crippen molar-refractivity contribution in [2.45, 2.75) is 24.9 Å². The van der Waals surface area contributed by atoms with Gasteiger partial charge in [0.1, 0.15) is 18.4 Å². The van der Waals surface area contributed by atoms with Gasteiger partial charge in [-0.2, -0.15) is 0 Å². The minimum Gasteiger partial charge on any atom is -0.497 e. The van der Waals surface area contributed by atoms with Crippen LogP contribution in [-0.4, -0.2) is 53.8 Å². The fourth-order valence-corrected chi connectivity index (χ4v) is 3.58. The molecule has 0 saturated heterocycles. The summed E-state index contributed by atoms with van der Waals surface area (Å²) >= 11 is 0. The molecule has 3 aromatic rings. The van der Waals surface area contributed by atoms with Crippen molar-refractivity contribution in [1.29, 1.82) is 0 Å². The number of aliphatic hydroxyl groups is 1. The summed E-state index contributed by atoms with van der Waals surface area (Å²) in [5, 5.41) is 25.4. The van der Waals surface area contributed by atoms with Crippen LogP contribution in [0, 0.1) is 0 Å². The van der Waals surface area contributed by atoms with Crippen molar-refractivity contribution in [2.24, 2.45) is 0 Å². The van der Waals surface area contributed by atoms with E-state index in [2.05, 4.69) is 10.6 Å². The number of benzene rings is 3. The number of Topliss-reactive ketones (excluding diaryl/α,β-unsaturated/α-hetero) is 1. The average Bonchev–Trinajstić information content (AvgIpc) is 2.82. The van der Waals surface area contributed by atoms with E-state index in [1.54, 1.807) is 31.4 Å². The van der Waals surface area contributed by atoms with Gasteiger partial charge in [-0.15, -0.1) is 0 Å². The van der Waals surface area contributed by atoms with Crippen LogP contribution in [0.5, 0.6) is 5.75 Å². The van der Waals surface area contributed by atoms with Crippen LogP contribution in [0.15, 0.2) is 66.7 Å². The number of ketones is 1. The number of aliphatic hydroxyl groups excluding tert-OH is 1. The second-order valence-electron chi connectivity index (χ2n) is 7.63. The number of hydrogen-bond donors (Lipinski definition) is 4. The van der Waals surface area contributed by atoms with Gasteiger partial charge in [-0.25, -0.2) is 4.79 Å². The molecule has 0 bridgehead atoms. The molecule has 0 radical (unpaired) electrons. The summed E-state index contributed by atoms with van der Waals surface area (Å²) < 4.78 is 5.12. The number of ether oxygens (including phenoxy) is 1. The van der Waals surface area contributed by atoms with E-state index in [1.165, 1.54) is 0 Å². The van der Waals surface area contributed by atoms with E-state index in [1.807, 2.05) is 42.5 Å². The number of fused-ring (bicyclic) bond motifs is 1. The van der Waals surface area contributed by atoms with E-state index in [4.69, 9.17) is 4.74 Å². The number of carbonyl (C=O) groups is 3. The van der Waals surface area contributed by atoms with E-state index in [9.17, 15) is 24.6 Å². The van der Waals surface area contributed by atoms with Gasteiger partial charge in [0.2, 0.25) is 5.91 Å². The van der Waals surface area contributed by atoms with Crippen molar-refractivity contribution in [3.8, 4) is 5.75 Å². The summed E-state index contributed by atoms with van der Waals surface area (Å²) in [5.74, 6) is -0.571. The Morgan fingerprint density at radius 3 is 2.12 bits per heavy atom. The largest absolute Gasteiger partial charge is 0.497 e. The molecule has 172 valence electrons. The quantitative estimate of drug-likeness (QED) is 0.376. The molecule has 2 unspecified atom stereocenters. The van der Waals surface area contributed by atoms with Crippen molar-refractivity contribution in [1.82, 2.24) is 10.6 Å². The van der Waals surface area contributed by atoms with Crippen LogP contribution < -0.4 is 15.4 Å². The molecule has 33 heavy (non-hydrogen) atoms. The van der Waals surface area contributed by atoms with Crippen LogP contribution in [0.25, 0.3) is 10.8 Å². The molecule has 0 heterocycles.